The minimum atomic E-state index is -0.458. The zero-order chi connectivity index (χ0) is 21.3. The maximum absolute atomic E-state index is 11.9. The van der Waals surface area contributed by atoms with Gasteiger partial charge in [0.15, 0.2) is 0 Å². The third kappa shape index (κ3) is 3.59. The van der Waals surface area contributed by atoms with Gasteiger partial charge in [0, 0.05) is 11.2 Å². The van der Waals surface area contributed by atoms with Crippen molar-refractivity contribution in [3.63, 3.8) is 0 Å². The molecule has 9 nitrogen and oxygen atoms in total. The summed E-state index contributed by atoms with van der Waals surface area (Å²) in [7, 11) is 1.53. The molecule has 4 aromatic rings. The van der Waals surface area contributed by atoms with Gasteiger partial charge in [-0.1, -0.05) is 23.7 Å². The smallest absolute Gasteiger partial charge is 0.341 e. The van der Waals surface area contributed by atoms with Crippen molar-refractivity contribution in [1.82, 2.24) is 29.5 Å². The van der Waals surface area contributed by atoms with Crippen molar-refractivity contribution in [2.45, 2.75) is 19.9 Å². The second kappa shape index (κ2) is 8.11. The van der Waals surface area contributed by atoms with Crippen molar-refractivity contribution in [3.05, 3.63) is 59.0 Å². The molecule has 0 fully saturated rings. The van der Waals surface area contributed by atoms with E-state index in [-0.39, 0.29) is 18.6 Å². The second-order valence-electron chi connectivity index (χ2n) is 6.48. The molecule has 10 heteroatoms. The number of carbonyl (C=O) groups excluding carboxylic acids is 1. The van der Waals surface area contributed by atoms with Gasteiger partial charge in [0.05, 0.1) is 37.7 Å². The van der Waals surface area contributed by atoms with Gasteiger partial charge in [-0.15, -0.1) is 0 Å². The summed E-state index contributed by atoms with van der Waals surface area (Å²) in [5.74, 6) is 0.138. The summed E-state index contributed by atoms with van der Waals surface area (Å²) in [6.45, 7) is 4.03. The first kappa shape index (κ1) is 19.8. The third-order valence-corrected chi connectivity index (χ3v) is 4.83. The molecule has 0 amide bonds. The first-order valence-electron chi connectivity index (χ1n) is 9.28. The second-order valence-corrected chi connectivity index (χ2v) is 6.92. The summed E-state index contributed by atoms with van der Waals surface area (Å²) in [6.07, 6.45) is 4.56. The van der Waals surface area contributed by atoms with Crippen LogP contribution in [0.5, 0.6) is 5.88 Å². The summed E-state index contributed by atoms with van der Waals surface area (Å²) in [5, 5.41) is 9.30. The standard InChI is InChI=1S/C20H19ClN6O3/c1-4-30-19(28)14-9-22-26(11-14)20-24-16-10-23-27(17(16)18(25-20)29-3)12(2)13-6-5-7-15(21)8-13/h5-12H,4H2,1-3H3/t12-/m0/s1. The van der Waals surface area contributed by atoms with Crippen LogP contribution in [0.25, 0.3) is 17.0 Å². The molecule has 30 heavy (non-hydrogen) atoms. The maximum Gasteiger partial charge on any atom is 0.341 e. The van der Waals surface area contributed by atoms with Crippen molar-refractivity contribution in [2.75, 3.05) is 13.7 Å². The predicted molar refractivity (Wildman–Crippen MR) is 110 cm³/mol. The van der Waals surface area contributed by atoms with E-state index in [1.165, 1.54) is 24.2 Å². The lowest BCUT2D eigenvalue weighted by molar-refractivity contribution is 0.0526. The number of rotatable bonds is 6. The highest BCUT2D eigenvalue weighted by Crippen LogP contribution is 2.29. The Morgan fingerprint density at radius 1 is 1.23 bits per heavy atom. The van der Waals surface area contributed by atoms with Crippen LogP contribution in [0.1, 0.15) is 35.8 Å². The predicted octanol–water partition coefficient (Wildman–Crippen LogP) is 3.46. The lowest BCUT2D eigenvalue weighted by Crippen LogP contribution is -2.10. The molecule has 1 aromatic carbocycles. The highest BCUT2D eigenvalue weighted by atomic mass is 35.5. The SMILES string of the molecule is CCOC(=O)c1cnn(-c2nc(OC)c3c(cnn3[C@@H](C)c3cccc(Cl)c3)n2)c1. The van der Waals surface area contributed by atoms with Crippen molar-refractivity contribution in [2.24, 2.45) is 0 Å². The molecule has 0 radical (unpaired) electrons. The maximum atomic E-state index is 11.9. The number of hydrogen-bond donors (Lipinski definition) is 0. The fourth-order valence-corrected chi connectivity index (χ4v) is 3.32. The molecule has 0 bridgehead atoms. The summed E-state index contributed by atoms with van der Waals surface area (Å²) >= 11 is 6.14. The molecule has 0 aliphatic carbocycles. The zero-order valence-electron chi connectivity index (χ0n) is 16.6. The topological polar surface area (TPSA) is 97.0 Å². The van der Waals surface area contributed by atoms with E-state index in [1.54, 1.807) is 17.8 Å². The van der Waals surface area contributed by atoms with E-state index in [1.807, 2.05) is 31.2 Å². The van der Waals surface area contributed by atoms with Gasteiger partial charge >= 0.3 is 5.97 Å². The summed E-state index contributed by atoms with van der Waals surface area (Å²) in [6, 6.07) is 7.47. The van der Waals surface area contributed by atoms with Crippen LogP contribution < -0.4 is 4.74 Å². The lowest BCUT2D eigenvalue weighted by atomic mass is 10.1. The molecule has 0 saturated heterocycles. The quantitative estimate of drug-likeness (QED) is 0.435. The molecule has 3 aromatic heterocycles. The highest BCUT2D eigenvalue weighted by Gasteiger charge is 2.20. The fourth-order valence-electron chi connectivity index (χ4n) is 3.12. The number of methoxy groups -OCH3 is 1. The van der Waals surface area contributed by atoms with Crippen LogP contribution in [0.15, 0.2) is 42.9 Å². The van der Waals surface area contributed by atoms with E-state index in [9.17, 15) is 4.79 Å². The number of carbonyl (C=O) groups is 1. The largest absolute Gasteiger partial charge is 0.479 e. The molecule has 154 valence electrons. The minimum absolute atomic E-state index is 0.121. The van der Waals surface area contributed by atoms with Crippen LogP contribution in [0.3, 0.4) is 0 Å². The Hall–Kier alpha value is -3.46. The number of fused-ring (bicyclic) bond motifs is 1. The first-order chi connectivity index (χ1) is 14.5. The molecule has 0 unspecified atom stereocenters. The molecule has 1 atom stereocenters. The van der Waals surface area contributed by atoms with Gasteiger partial charge in [0.25, 0.3) is 5.95 Å². The van der Waals surface area contributed by atoms with Gasteiger partial charge in [-0.2, -0.15) is 15.2 Å². The van der Waals surface area contributed by atoms with Crippen LogP contribution >= 0.6 is 11.6 Å². The minimum Gasteiger partial charge on any atom is -0.479 e. The molecular formula is C20H19ClN6O3. The van der Waals surface area contributed by atoms with Crippen LogP contribution in [0.2, 0.25) is 5.02 Å². The first-order valence-corrected chi connectivity index (χ1v) is 9.66. The number of esters is 1. The van der Waals surface area contributed by atoms with Gasteiger partial charge in [-0.3, -0.25) is 4.68 Å². The van der Waals surface area contributed by atoms with E-state index in [0.717, 1.165) is 5.56 Å². The summed E-state index contributed by atoms with van der Waals surface area (Å²) in [4.78, 5) is 20.9. The van der Waals surface area contributed by atoms with Crippen LogP contribution in [-0.2, 0) is 4.74 Å². The van der Waals surface area contributed by atoms with E-state index in [0.29, 0.717) is 27.5 Å². The normalized spacial score (nSPS) is 12.1. The van der Waals surface area contributed by atoms with Gasteiger partial charge in [0.2, 0.25) is 5.88 Å². The van der Waals surface area contributed by atoms with Gasteiger partial charge in [-0.25, -0.2) is 14.5 Å². The molecule has 0 aliphatic heterocycles. The van der Waals surface area contributed by atoms with E-state index >= 15 is 0 Å². The Bertz CT molecular complexity index is 1220. The molecular weight excluding hydrogens is 408 g/mol. The van der Waals surface area contributed by atoms with Crippen molar-refractivity contribution in [3.8, 4) is 11.8 Å². The Morgan fingerprint density at radius 2 is 2.07 bits per heavy atom. The fraction of sp³-hybridized carbons (Fsp3) is 0.250. The Morgan fingerprint density at radius 3 is 2.80 bits per heavy atom. The monoisotopic (exact) mass is 426 g/mol. The van der Waals surface area contributed by atoms with Crippen LogP contribution in [0.4, 0.5) is 0 Å². The Kier molecular flexibility index (Phi) is 5.37. The number of halogens is 1. The van der Waals surface area contributed by atoms with Crippen LogP contribution in [-0.4, -0.2) is 49.2 Å². The van der Waals surface area contributed by atoms with E-state index in [4.69, 9.17) is 21.1 Å². The van der Waals surface area contributed by atoms with E-state index < -0.39 is 5.97 Å². The van der Waals surface area contributed by atoms with Crippen LogP contribution in [0, 0.1) is 0 Å². The average Bonchev–Trinajstić information content (AvgIpc) is 3.40. The van der Waals surface area contributed by atoms with Crippen molar-refractivity contribution < 1.29 is 14.3 Å². The summed E-state index contributed by atoms with van der Waals surface area (Å²) < 4.78 is 13.7. The number of benzene rings is 1. The van der Waals surface area contributed by atoms with Gasteiger partial charge in [0.1, 0.15) is 11.0 Å². The molecule has 4 rings (SSSR count). The van der Waals surface area contributed by atoms with E-state index in [2.05, 4.69) is 20.2 Å². The van der Waals surface area contributed by atoms with Crippen molar-refractivity contribution >= 4 is 28.6 Å². The molecule has 0 saturated carbocycles. The lowest BCUT2D eigenvalue weighted by Gasteiger charge is -2.15. The van der Waals surface area contributed by atoms with Gasteiger partial charge < -0.3 is 9.47 Å². The number of aromatic nitrogens is 6. The number of hydrogen-bond acceptors (Lipinski definition) is 7. The molecule has 0 N–H and O–H groups in total. The Balaban J connectivity index is 1.76. The number of nitrogens with zero attached hydrogens (tertiary/aromatic N) is 6. The summed E-state index contributed by atoms with van der Waals surface area (Å²) in [5.41, 5.74) is 2.53. The van der Waals surface area contributed by atoms with Gasteiger partial charge in [-0.05, 0) is 31.5 Å². The van der Waals surface area contributed by atoms with Crippen molar-refractivity contribution in [1.29, 1.82) is 0 Å². The molecule has 0 aliphatic rings. The zero-order valence-corrected chi connectivity index (χ0v) is 17.4. The number of ether oxygens (including phenoxy) is 2. The highest BCUT2D eigenvalue weighted by molar-refractivity contribution is 6.30. The Labute approximate surface area is 177 Å². The average molecular weight is 427 g/mol. The molecule has 3 heterocycles. The molecule has 0 spiro atoms. The third-order valence-electron chi connectivity index (χ3n) is 4.59.